The standard InChI is InChI=1S/C15H26N4S2/c1-12-11-21-14(19-12)7-3-4-8-17-15(16-2)18-10-13-6-5-9-20-13/h11,13H,3-10H2,1-2H3,(H2,16,17,18). The molecular weight excluding hydrogens is 300 g/mol. The maximum absolute atomic E-state index is 4.49. The van der Waals surface area contributed by atoms with Crippen LogP contribution in [-0.2, 0) is 6.42 Å². The summed E-state index contributed by atoms with van der Waals surface area (Å²) in [5, 5.41) is 11.0. The first-order chi connectivity index (χ1) is 10.3. The van der Waals surface area contributed by atoms with Crippen LogP contribution in [0.15, 0.2) is 10.4 Å². The number of aryl methyl sites for hydroxylation is 2. The van der Waals surface area contributed by atoms with Gasteiger partial charge in [0.2, 0.25) is 0 Å². The fraction of sp³-hybridized carbons (Fsp3) is 0.733. The van der Waals surface area contributed by atoms with Crippen molar-refractivity contribution in [3.8, 4) is 0 Å². The van der Waals surface area contributed by atoms with Crippen molar-refractivity contribution >= 4 is 29.1 Å². The molecule has 0 radical (unpaired) electrons. The first-order valence-electron chi connectivity index (χ1n) is 7.75. The Balaban J connectivity index is 1.53. The summed E-state index contributed by atoms with van der Waals surface area (Å²) in [6.45, 7) is 4.06. The van der Waals surface area contributed by atoms with E-state index in [9.17, 15) is 0 Å². The monoisotopic (exact) mass is 326 g/mol. The lowest BCUT2D eigenvalue weighted by molar-refractivity contribution is 0.682. The lowest BCUT2D eigenvalue weighted by Crippen LogP contribution is -2.40. The smallest absolute Gasteiger partial charge is 0.191 e. The van der Waals surface area contributed by atoms with Gasteiger partial charge in [0, 0.05) is 36.5 Å². The molecule has 1 aliphatic rings. The third-order valence-electron chi connectivity index (χ3n) is 3.52. The number of rotatable bonds is 7. The molecule has 0 aliphatic carbocycles. The fourth-order valence-corrected chi connectivity index (χ4v) is 4.38. The largest absolute Gasteiger partial charge is 0.356 e. The highest BCUT2D eigenvalue weighted by Crippen LogP contribution is 2.25. The van der Waals surface area contributed by atoms with Crippen molar-refractivity contribution in [2.24, 2.45) is 4.99 Å². The molecule has 0 spiro atoms. The number of hydrogen-bond donors (Lipinski definition) is 2. The molecule has 118 valence electrons. The van der Waals surface area contributed by atoms with Crippen LogP contribution < -0.4 is 10.6 Å². The summed E-state index contributed by atoms with van der Waals surface area (Å²) in [6, 6.07) is 0. The Bertz CT molecular complexity index is 439. The molecule has 1 aromatic rings. The summed E-state index contributed by atoms with van der Waals surface area (Å²) in [6.07, 6.45) is 6.11. The summed E-state index contributed by atoms with van der Waals surface area (Å²) < 4.78 is 0. The van der Waals surface area contributed by atoms with Crippen LogP contribution in [0.1, 0.15) is 36.4 Å². The highest BCUT2D eigenvalue weighted by Gasteiger charge is 2.15. The number of nitrogens with zero attached hydrogens (tertiary/aromatic N) is 2. The molecule has 0 saturated carbocycles. The zero-order chi connectivity index (χ0) is 14.9. The number of aliphatic imine (C=N–C) groups is 1. The summed E-state index contributed by atoms with van der Waals surface area (Å²) in [7, 11) is 1.84. The minimum absolute atomic E-state index is 0.761. The minimum Gasteiger partial charge on any atom is -0.356 e. The Labute approximate surface area is 136 Å². The molecule has 2 heterocycles. The van der Waals surface area contributed by atoms with Gasteiger partial charge in [-0.05, 0) is 44.8 Å². The van der Waals surface area contributed by atoms with Crippen LogP contribution in [0.25, 0.3) is 0 Å². The van der Waals surface area contributed by atoms with Crippen LogP contribution in [0, 0.1) is 6.92 Å². The maximum Gasteiger partial charge on any atom is 0.191 e. The Morgan fingerprint density at radius 3 is 3.00 bits per heavy atom. The first kappa shape index (κ1) is 16.6. The molecule has 1 aromatic heterocycles. The van der Waals surface area contributed by atoms with E-state index in [0.29, 0.717) is 0 Å². The van der Waals surface area contributed by atoms with E-state index in [1.165, 1.54) is 30.0 Å². The predicted molar refractivity (Wildman–Crippen MR) is 94.6 cm³/mol. The van der Waals surface area contributed by atoms with Gasteiger partial charge in [0.15, 0.2) is 5.96 Å². The highest BCUT2D eigenvalue weighted by molar-refractivity contribution is 8.00. The zero-order valence-electron chi connectivity index (χ0n) is 13.0. The van der Waals surface area contributed by atoms with Crippen molar-refractivity contribution in [3.63, 3.8) is 0 Å². The Morgan fingerprint density at radius 1 is 1.43 bits per heavy atom. The molecule has 1 fully saturated rings. The number of thiazole rings is 1. The molecule has 0 bridgehead atoms. The number of unbranched alkanes of at least 4 members (excludes halogenated alkanes) is 1. The third kappa shape index (κ3) is 6.26. The number of nitrogens with one attached hydrogen (secondary N) is 2. The molecule has 1 aliphatic heterocycles. The van der Waals surface area contributed by atoms with Crippen LogP contribution in [0.3, 0.4) is 0 Å². The van der Waals surface area contributed by atoms with Gasteiger partial charge in [-0.1, -0.05) is 0 Å². The van der Waals surface area contributed by atoms with Gasteiger partial charge in [0.25, 0.3) is 0 Å². The fourth-order valence-electron chi connectivity index (χ4n) is 2.36. The van der Waals surface area contributed by atoms with E-state index in [4.69, 9.17) is 0 Å². The van der Waals surface area contributed by atoms with Crippen molar-refractivity contribution in [2.75, 3.05) is 25.9 Å². The predicted octanol–water partition coefficient (Wildman–Crippen LogP) is 2.83. The lowest BCUT2D eigenvalue weighted by Gasteiger charge is -2.14. The molecule has 1 atom stereocenters. The SMILES string of the molecule is CN=C(NCCCCc1nc(C)cs1)NCC1CCCS1. The average Bonchev–Trinajstić information content (AvgIpc) is 3.13. The van der Waals surface area contributed by atoms with Gasteiger partial charge in [-0.15, -0.1) is 11.3 Å². The Kier molecular flexibility index (Phi) is 7.36. The topological polar surface area (TPSA) is 49.3 Å². The molecule has 4 nitrogen and oxygen atoms in total. The van der Waals surface area contributed by atoms with Gasteiger partial charge in [-0.3, -0.25) is 4.99 Å². The van der Waals surface area contributed by atoms with Crippen molar-refractivity contribution in [3.05, 3.63) is 16.1 Å². The second-order valence-corrected chi connectivity index (χ2v) is 7.71. The zero-order valence-corrected chi connectivity index (χ0v) is 14.7. The van der Waals surface area contributed by atoms with Crippen molar-refractivity contribution in [2.45, 2.75) is 44.3 Å². The highest BCUT2D eigenvalue weighted by atomic mass is 32.2. The van der Waals surface area contributed by atoms with E-state index in [1.54, 1.807) is 11.3 Å². The van der Waals surface area contributed by atoms with Gasteiger partial charge in [0.1, 0.15) is 0 Å². The summed E-state index contributed by atoms with van der Waals surface area (Å²) >= 11 is 3.85. The Morgan fingerprint density at radius 2 is 2.33 bits per heavy atom. The van der Waals surface area contributed by atoms with Crippen LogP contribution in [0.4, 0.5) is 0 Å². The van der Waals surface area contributed by atoms with E-state index in [2.05, 4.69) is 44.7 Å². The molecule has 0 aromatic carbocycles. The molecule has 2 rings (SSSR count). The molecule has 6 heteroatoms. The number of thioether (sulfide) groups is 1. The van der Waals surface area contributed by atoms with E-state index in [1.807, 2.05) is 7.05 Å². The lowest BCUT2D eigenvalue weighted by atomic mass is 10.2. The summed E-state index contributed by atoms with van der Waals surface area (Å²) in [5.41, 5.74) is 1.14. The molecule has 2 N–H and O–H groups in total. The van der Waals surface area contributed by atoms with Crippen LogP contribution in [0.5, 0.6) is 0 Å². The minimum atomic E-state index is 0.761. The second-order valence-electron chi connectivity index (χ2n) is 5.35. The van der Waals surface area contributed by atoms with Crippen molar-refractivity contribution in [1.82, 2.24) is 15.6 Å². The maximum atomic E-state index is 4.49. The van der Waals surface area contributed by atoms with Crippen LogP contribution in [0.2, 0.25) is 0 Å². The van der Waals surface area contributed by atoms with E-state index in [0.717, 1.165) is 42.8 Å². The second kappa shape index (κ2) is 9.30. The number of hydrogen-bond acceptors (Lipinski definition) is 4. The quantitative estimate of drug-likeness (QED) is 0.459. The van der Waals surface area contributed by atoms with E-state index < -0.39 is 0 Å². The summed E-state index contributed by atoms with van der Waals surface area (Å²) in [5.74, 6) is 2.25. The van der Waals surface area contributed by atoms with E-state index in [-0.39, 0.29) is 0 Å². The van der Waals surface area contributed by atoms with Gasteiger partial charge in [0.05, 0.1) is 5.01 Å². The third-order valence-corrected chi connectivity index (χ3v) is 5.95. The van der Waals surface area contributed by atoms with Crippen molar-refractivity contribution in [1.29, 1.82) is 0 Å². The Hall–Kier alpha value is -0.750. The molecule has 1 unspecified atom stereocenters. The van der Waals surface area contributed by atoms with Crippen molar-refractivity contribution < 1.29 is 0 Å². The van der Waals surface area contributed by atoms with Gasteiger partial charge in [-0.2, -0.15) is 11.8 Å². The summed E-state index contributed by atoms with van der Waals surface area (Å²) in [4.78, 5) is 8.78. The number of aromatic nitrogens is 1. The van der Waals surface area contributed by atoms with Gasteiger partial charge >= 0.3 is 0 Å². The van der Waals surface area contributed by atoms with Gasteiger partial charge < -0.3 is 10.6 Å². The molecule has 1 saturated heterocycles. The normalized spacial score (nSPS) is 19.0. The van der Waals surface area contributed by atoms with Crippen LogP contribution >= 0.6 is 23.1 Å². The molecule has 0 amide bonds. The molecular formula is C15H26N4S2. The first-order valence-corrected chi connectivity index (χ1v) is 9.68. The average molecular weight is 327 g/mol. The molecule has 21 heavy (non-hydrogen) atoms. The number of guanidine groups is 1. The van der Waals surface area contributed by atoms with E-state index >= 15 is 0 Å². The van der Waals surface area contributed by atoms with Crippen LogP contribution in [-0.4, -0.2) is 42.1 Å². The van der Waals surface area contributed by atoms with Gasteiger partial charge in [-0.25, -0.2) is 4.98 Å².